The molecule has 0 aliphatic heterocycles. The van der Waals surface area contributed by atoms with E-state index in [1.807, 2.05) is 12.1 Å². The summed E-state index contributed by atoms with van der Waals surface area (Å²) in [6, 6.07) is 9.00. The topological polar surface area (TPSA) is 34.1 Å². The average molecular weight is 302 g/mol. The molecule has 21 heavy (non-hydrogen) atoms. The number of thiazole rings is 1. The summed E-state index contributed by atoms with van der Waals surface area (Å²) in [5.41, 5.74) is 2.32. The Kier molecular flexibility index (Phi) is 4.56. The van der Waals surface area contributed by atoms with Gasteiger partial charge in [0.2, 0.25) is 0 Å². The van der Waals surface area contributed by atoms with Crippen molar-refractivity contribution in [3.63, 3.8) is 0 Å². The van der Waals surface area contributed by atoms with Crippen LogP contribution in [0.15, 0.2) is 24.3 Å². The van der Waals surface area contributed by atoms with E-state index >= 15 is 0 Å². The van der Waals surface area contributed by atoms with Crippen LogP contribution in [0.4, 0.5) is 0 Å². The molecule has 3 nitrogen and oxygen atoms in total. The van der Waals surface area contributed by atoms with Gasteiger partial charge in [0.1, 0.15) is 10.8 Å². The lowest BCUT2D eigenvalue weighted by Gasteiger charge is -2.04. The van der Waals surface area contributed by atoms with Gasteiger partial charge in [0.05, 0.1) is 12.3 Å². The summed E-state index contributed by atoms with van der Waals surface area (Å²) in [6.45, 7) is 5.94. The summed E-state index contributed by atoms with van der Waals surface area (Å²) in [5.74, 6) is 0.935. The van der Waals surface area contributed by atoms with Crippen molar-refractivity contribution < 1.29 is 4.74 Å². The Bertz CT molecular complexity index is 587. The van der Waals surface area contributed by atoms with Crippen LogP contribution in [0.5, 0.6) is 5.75 Å². The first-order chi connectivity index (χ1) is 10.3. The highest BCUT2D eigenvalue weighted by atomic mass is 32.1. The summed E-state index contributed by atoms with van der Waals surface area (Å²) >= 11 is 1.79. The Hall–Kier alpha value is -1.39. The standard InChI is InChI=1S/C17H22N2OS/c1-3-10-20-15-8-4-13(5-9-15)17-19-12(2)16(21-17)11-18-14-6-7-14/h4-5,8-9,14,18H,3,6-7,10-11H2,1-2H3. The first-order valence-electron chi connectivity index (χ1n) is 7.69. The lowest BCUT2D eigenvalue weighted by atomic mass is 10.2. The Labute approximate surface area is 130 Å². The second kappa shape index (κ2) is 6.58. The molecule has 0 atom stereocenters. The number of aryl methyl sites for hydroxylation is 1. The molecule has 0 amide bonds. The van der Waals surface area contributed by atoms with Gasteiger partial charge in [0.25, 0.3) is 0 Å². The summed E-state index contributed by atoms with van der Waals surface area (Å²) < 4.78 is 5.62. The molecule has 112 valence electrons. The van der Waals surface area contributed by atoms with E-state index in [2.05, 4.69) is 31.3 Å². The van der Waals surface area contributed by atoms with Crippen LogP contribution in [0, 0.1) is 6.92 Å². The van der Waals surface area contributed by atoms with Gasteiger partial charge in [-0.15, -0.1) is 11.3 Å². The van der Waals surface area contributed by atoms with Crippen LogP contribution in [0.3, 0.4) is 0 Å². The highest BCUT2D eigenvalue weighted by Crippen LogP contribution is 2.30. The molecule has 1 aliphatic rings. The van der Waals surface area contributed by atoms with Crippen molar-refractivity contribution in [2.75, 3.05) is 6.61 Å². The van der Waals surface area contributed by atoms with E-state index in [0.29, 0.717) is 0 Å². The van der Waals surface area contributed by atoms with Gasteiger partial charge in [-0.05, 0) is 50.5 Å². The first kappa shape index (κ1) is 14.5. The molecule has 0 saturated heterocycles. The zero-order valence-electron chi connectivity index (χ0n) is 12.7. The number of hydrogen-bond donors (Lipinski definition) is 1. The Morgan fingerprint density at radius 3 is 2.71 bits per heavy atom. The van der Waals surface area contributed by atoms with Gasteiger partial charge in [-0.3, -0.25) is 0 Å². The van der Waals surface area contributed by atoms with Crippen LogP contribution in [0.25, 0.3) is 10.6 Å². The van der Waals surface area contributed by atoms with Gasteiger partial charge >= 0.3 is 0 Å². The average Bonchev–Trinajstić information content (AvgIpc) is 3.26. The van der Waals surface area contributed by atoms with Gasteiger partial charge < -0.3 is 10.1 Å². The van der Waals surface area contributed by atoms with E-state index in [9.17, 15) is 0 Å². The molecule has 1 aromatic heterocycles. The summed E-state index contributed by atoms with van der Waals surface area (Å²) in [4.78, 5) is 6.06. The minimum Gasteiger partial charge on any atom is -0.494 e. The van der Waals surface area contributed by atoms with Crippen LogP contribution >= 0.6 is 11.3 Å². The molecule has 1 aromatic carbocycles. The zero-order valence-corrected chi connectivity index (χ0v) is 13.5. The third-order valence-electron chi connectivity index (χ3n) is 3.60. The quantitative estimate of drug-likeness (QED) is 0.834. The maximum absolute atomic E-state index is 5.62. The van der Waals surface area contributed by atoms with E-state index < -0.39 is 0 Å². The number of benzene rings is 1. The summed E-state index contributed by atoms with van der Waals surface area (Å²) in [6.07, 6.45) is 3.68. The predicted molar refractivity (Wildman–Crippen MR) is 87.9 cm³/mol. The fraction of sp³-hybridized carbons (Fsp3) is 0.471. The number of aromatic nitrogens is 1. The van der Waals surface area contributed by atoms with Crippen LogP contribution in [0.2, 0.25) is 0 Å². The van der Waals surface area contributed by atoms with Crippen molar-refractivity contribution in [3.05, 3.63) is 34.8 Å². The number of nitrogens with zero attached hydrogens (tertiary/aromatic N) is 1. The highest BCUT2D eigenvalue weighted by Gasteiger charge is 2.21. The van der Waals surface area contributed by atoms with Crippen molar-refractivity contribution in [2.24, 2.45) is 0 Å². The molecule has 4 heteroatoms. The predicted octanol–water partition coefficient (Wildman–Crippen LogP) is 4.16. The third kappa shape index (κ3) is 3.83. The molecule has 0 spiro atoms. The molecule has 1 saturated carbocycles. The van der Waals surface area contributed by atoms with Crippen LogP contribution in [0.1, 0.15) is 36.8 Å². The maximum atomic E-state index is 5.62. The molecule has 0 bridgehead atoms. The molecule has 2 aromatic rings. The number of rotatable bonds is 7. The van der Waals surface area contributed by atoms with E-state index in [-0.39, 0.29) is 0 Å². The van der Waals surface area contributed by atoms with Gasteiger partial charge in [-0.25, -0.2) is 4.98 Å². The van der Waals surface area contributed by atoms with Crippen molar-refractivity contribution in [3.8, 4) is 16.3 Å². The van der Waals surface area contributed by atoms with Crippen molar-refractivity contribution in [1.82, 2.24) is 10.3 Å². The molecular weight excluding hydrogens is 280 g/mol. The van der Waals surface area contributed by atoms with E-state index in [1.165, 1.54) is 23.3 Å². The Morgan fingerprint density at radius 1 is 1.29 bits per heavy atom. The molecule has 1 heterocycles. The van der Waals surface area contributed by atoms with Gasteiger partial charge in [-0.1, -0.05) is 6.92 Å². The number of hydrogen-bond acceptors (Lipinski definition) is 4. The van der Waals surface area contributed by atoms with E-state index in [0.717, 1.165) is 42.1 Å². The largest absolute Gasteiger partial charge is 0.494 e. The van der Waals surface area contributed by atoms with Crippen LogP contribution < -0.4 is 10.1 Å². The van der Waals surface area contributed by atoms with Crippen LogP contribution in [-0.2, 0) is 6.54 Å². The normalized spacial score (nSPS) is 14.4. The van der Waals surface area contributed by atoms with Crippen molar-refractivity contribution in [1.29, 1.82) is 0 Å². The maximum Gasteiger partial charge on any atom is 0.123 e. The van der Waals surface area contributed by atoms with Gasteiger partial charge in [0, 0.05) is 23.0 Å². The molecule has 0 unspecified atom stereocenters. The van der Waals surface area contributed by atoms with E-state index in [1.54, 1.807) is 11.3 Å². The summed E-state index contributed by atoms with van der Waals surface area (Å²) in [7, 11) is 0. The SMILES string of the molecule is CCCOc1ccc(-c2nc(C)c(CNC3CC3)s2)cc1. The number of nitrogens with one attached hydrogen (secondary N) is 1. The van der Waals surface area contributed by atoms with Crippen molar-refractivity contribution >= 4 is 11.3 Å². The van der Waals surface area contributed by atoms with E-state index in [4.69, 9.17) is 9.72 Å². The molecule has 3 rings (SSSR count). The zero-order chi connectivity index (χ0) is 14.7. The second-order valence-corrected chi connectivity index (χ2v) is 6.64. The molecule has 1 aliphatic carbocycles. The molecule has 0 radical (unpaired) electrons. The minimum atomic E-state index is 0.741. The van der Waals surface area contributed by atoms with Crippen LogP contribution in [-0.4, -0.2) is 17.6 Å². The lowest BCUT2D eigenvalue weighted by molar-refractivity contribution is 0.317. The fourth-order valence-corrected chi connectivity index (χ4v) is 3.17. The monoisotopic (exact) mass is 302 g/mol. The molecular formula is C17H22N2OS. The molecule has 1 fully saturated rings. The number of ether oxygens (including phenoxy) is 1. The second-order valence-electron chi connectivity index (χ2n) is 5.56. The Balaban J connectivity index is 1.68. The van der Waals surface area contributed by atoms with Crippen molar-refractivity contribution in [2.45, 2.75) is 45.7 Å². The molecule has 1 N–H and O–H groups in total. The van der Waals surface area contributed by atoms with Gasteiger partial charge in [-0.2, -0.15) is 0 Å². The summed E-state index contributed by atoms with van der Waals surface area (Å²) in [5, 5.41) is 4.66. The van der Waals surface area contributed by atoms with Gasteiger partial charge in [0.15, 0.2) is 0 Å². The lowest BCUT2D eigenvalue weighted by Crippen LogP contribution is -2.14. The fourth-order valence-electron chi connectivity index (χ4n) is 2.15. The smallest absolute Gasteiger partial charge is 0.123 e. The third-order valence-corrected chi connectivity index (χ3v) is 4.80. The first-order valence-corrected chi connectivity index (χ1v) is 8.51. The Morgan fingerprint density at radius 2 is 2.05 bits per heavy atom. The minimum absolute atomic E-state index is 0.741. The highest BCUT2D eigenvalue weighted by molar-refractivity contribution is 7.15.